The molecular weight excluding hydrogens is 190 g/mol. The molecule has 2 saturated heterocycles. The molecule has 0 radical (unpaired) electrons. The molecule has 3 aliphatic rings. The summed E-state index contributed by atoms with van der Waals surface area (Å²) in [6.45, 7) is 5.00. The van der Waals surface area contributed by atoms with Crippen molar-refractivity contribution in [2.75, 3.05) is 19.8 Å². The summed E-state index contributed by atoms with van der Waals surface area (Å²) >= 11 is 0. The lowest BCUT2D eigenvalue weighted by Gasteiger charge is -2.23. The summed E-state index contributed by atoms with van der Waals surface area (Å²) in [5, 5.41) is 3.21. The average Bonchev–Trinajstić information content (AvgIpc) is 2.89. The number of nitrogens with one attached hydrogen (secondary N) is 1. The van der Waals surface area contributed by atoms with E-state index in [2.05, 4.69) is 10.2 Å². The summed E-state index contributed by atoms with van der Waals surface area (Å²) in [5.74, 6) is 0.289. The van der Waals surface area contributed by atoms with E-state index in [1.165, 1.54) is 19.4 Å². The third-order valence-corrected chi connectivity index (χ3v) is 3.92. The summed E-state index contributed by atoms with van der Waals surface area (Å²) in [5.41, 5.74) is 0. The minimum Gasteiger partial charge on any atom is -0.324 e. The molecule has 0 aromatic rings. The fourth-order valence-electron chi connectivity index (χ4n) is 2.75. The number of carbonyl (C=O) groups is 1. The van der Waals surface area contributed by atoms with Crippen LogP contribution in [0.25, 0.3) is 0 Å². The van der Waals surface area contributed by atoms with Crippen molar-refractivity contribution in [3.63, 3.8) is 0 Å². The first-order valence-electron chi connectivity index (χ1n) is 6.03. The highest BCUT2D eigenvalue weighted by Gasteiger charge is 2.40. The van der Waals surface area contributed by atoms with Crippen molar-refractivity contribution >= 4 is 5.91 Å². The summed E-state index contributed by atoms with van der Waals surface area (Å²) in [7, 11) is 0. The van der Waals surface area contributed by atoms with Crippen molar-refractivity contribution in [3.8, 4) is 0 Å². The van der Waals surface area contributed by atoms with Gasteiger partial charge < -0.3 is 4.90 Å². The Morgan fingerprint density at radius 3 is 2.67 bits per heavy atom. The zero-order valence-electron chi connectivity index (χ0n) is 9.28. The highest BCUT2D eigenvalue weighted by atomic mass is 16.2. The van der Waals surface area contributed by atoms with Gasteiger partial charge in [-0.1, -0.05) is 0 Å². The Kier molecular flexibility index (Phi) is 2.21. The van der Waals surface area contributed by atoms with Gasteiger partial charge in [-0.05, 0) is 26.2 Å². The highest BCUT2D eigenvalue weighted by Crippen LogP contribution is 2.31. The summed E-state index contributed by atoms with van der Waals surface area (Å²) in [6, 6.07) is 1.34. The molecule has 1 aliphatic carbocycles. The van der Waals surface area contributed by atoms with Gasteiger partial charge in [0.1, 0.15) is 0 Å². The number of amides is 1. The quantitative estimate of drug-likeness (QED) is 0.695. The van der Waals surface area contributed by atoms with Crippen molar-refractivity contribution in [2.45, 2.75) is 44.3 Å². The Hall–Kier alpha value is -0.610. The van der Waals surface area contributed by atoms with E-state index >= 15 is 0 Å². The molecule has 0 bridgehead atoms. The minimum atomic E-state index is 0.0278. The Bertz CT molecular complexity index is 277. The van der Waals surface area contributed by atoms with Gasteiger partial charge >= 0.3 is 0 Å². The lowest BCUT2D eigenvalue weighted by atomic mass is 10.2. The van der Waals surface area contributed by atoms with Crippen molar-refractivity contribution in [1.82, 2.24) is 15.1 Å². The van der Waals surface area contributed by atoms with Gasteiger partial charge in [-0.2, -0.15) is 0 Å². The summed E-state index contributed by atoms with van der Waals surface area (Å²) in [6.07, 6.45) is 3.90. The largest absolute Gasteiger partial charge is 0.324 e. The molecule has 0 aromatic heterocycles. The molecule has 1 amide bonds. The maximum atomic E-state index is 11.8. The fourth-order valence-corrected chi connectivity index (χ4v) is 2.75. The average molecular weight is 209 g/mol. The molecular formula is C11H19N3O. The standard InChI is InChI=1S/C11H19N3O/c1-8-11(15)14(7-12-8)10-4-5-13(6-10)9-2-3-9/h8-10,12H,2-7H2,1H3. The molecule has 2 unspecified atom stereocenters. The molecule has 3 fully saturated rings. The monoisotopic (exact) mass is 209 g/mol. The molecule has 4 nitrogen and oxygen atoms in total. The number of rotatable bonds is 2. The van der Waals surface area contributed by atoms with Crippen LogP contribution in [-0.2, 0) is 4.79 Å². The van der Waals surface area contributed by atoms with E-state index in [0.29, 0.717) is 6.04 Å². The van der Waals surface area contributed by atoms with Crippen molar-refractivity contribution in [2.24, 2.45) is 0 Å². The van der Waals surface area contributed by atoms with E-state index < -0.39 is 0 Å². The molecule has 2 atom stereocenters. The van der Waals surface area contributed by atoms with Gasteiger partial charge in [-0.15, -0.1) is 0 Å². The predicted octanol–water partition coefficient (Wildman–Crippen LogP) is 0.000900. The van der Waals surface area contributed by atoms with Crippen LogP contribution in [0.15, 0.2) is 0 Å². The van der Waals surface area contributed by atoms with E-state index in [1.54, 1.807) is 0 Å². The zero-order chi connectivity index (χ0) is 10.4. The number of nitrogens with zero attached hydrogens (tertiary/aromatic N) is 2. The molecule has 0 spiro atoms. The van der Waals surface area contributed by atoms with Crippen LogP contribution in [-0.4, -0.2) is 53.6 Å². The predicted molar refractivity (Wildman–Crippen MR) is 57.3 cm³/mol. The third kappa shape index (κ3) is 1.66. The van der Waals surface area contributed by atoms with E-state index in [-0.39, 0.29) is 11.9 Å². The molecule has 1 N–H and O–H groups in total. The van der Waals surface area contributed by atoms with Gasteiger partial charge in [-0.3, -0.25) is 15.0 Å². The number of hydrogen-bond acceptors (Lipinski definition) is 3. The van der Waals surface area contributed by atoms with Crippen LogP contribution in [0.2, 0.25) is 0 Å². The normalized spacial score (nSPS) is 37.9. The van der Waals surface area contributed by atoms with Crippen LogP contribution in [0, 0.1) is 0 Å². The zero-order valence-corrected chi connectivity index (χ0v) is 9.28. The number of carbonyl (C=O) groups excluding carboxylic acids is 1. The van der Waals surface area contributed by atoms with Crippen molar-refractivity contribution < 1.29 is 4.79 Å². The van der Waals surface area contributed by atoms with Crippen molar-refractivity contribution in [1.29, 1.82) is 0 Å². The second kappa shape index (κ2) is 3.46. The van der Waals surface area contributed by atoms with Gasteiger partial charge in [0.25, 0.3) is 0 Å². The highest BCUT2D eigenvalue weighted by molar-refractivity contribution is 5.83. The van der Waals surface area contributed by atoms with Crippen LogP contribution in [0.1, 0.15) is 26.2 Å². The minimum absolute atomic E-state index is 0.0278. The number of hydrogen-bond donors (Lipinski definition) is 1. The van der Waals surface area contributed by atoms with Crippen LogP contribution in [0.5, 0.6) is 0 Å². The smallest absolute Gasteiger partial charge is 0.240 e. The molecule has 15 heavy (non-hydrogen) atoms. The van der Waals surface area contributed by atoms with Crippen molar-refractivity contribution in [3.05, 3.63) is 0 Å². The summed E-state index contributed by atoms with van der Waals surface area (Å²) in [4.78, 5) is 16.4. The maximum Gasteiger partial charge on any atom is 0.240 e. The second-order valence-electron chi connectivity index (χ2n) is 5.06. The molecule has 2 heterocycles. The first-order valence-corrected chi connectivity index (χ1v) is 6.03. The fraction of sp³-hybridized carbons (Fsp3) is 0.909. The van der Waals surface area contributed by atoms with Crippen LogP contribution >= 0.6 is 0 Å². The third-order valence-electron chi connectivity index (χ3n) is 3.92. The molecule has 0 aromatic carbocycles. The topological polar surface area (TPSA) is 35.6 Å². The van der Waals surface area contributed by atoms with E-state index in [0.717, 1.165) is 25.7 Å². The van der Waals surface area contributed by atoms with Crippen LogP contribution in [0.3, 0.4) is 0 Å². The lowest BCUT2D eigenvalue weighted by molar-refractivity contribution is -0.130. The molecule has 2 aliphatic heterocycles. The van der Waals surface area contributed by atoms with E-state index in [1.807, 2.05) is 11.8 Å². The first-order chi connectivity index (χ1) is 7.25. The molecule has 1 saturated carbocycles. The van der Waals surface area contributed by atoms with E-state index in [4.69, 9.17) is 0 Å². The molecule has 4 heteroatoms. The Morgan fingerprint density at radius 1 is 1.27 bits per heavy atom. The van der Waals surface area contributed by atoms with Gasteiger partial charge in [0.15, 0.2) is 0 Å². The Balaban J connectivity index is 1.61. The summed E-state index contributed by atoms with van der Waals surface area (Å²) < 4.78 is 0. The SMILES string of the molecule is CC1NCN(C2CCN(C3CC3)C2)C1=O. The Labute approximate surface area is 90.6 Å². The van der Waals surface area contributed by atoms with Gasteiger partial charge in [0.2, 0.25) is 5.91 Å². The molecule has 3 rings (SSSR count). The molecule has 84 valence electrons. The van der Waals surface area contributed by atoms with Crippen LogP contribution < -0.4 is 5.32 Å². The van der Waals surface area contributed by atoms with Crippen LogP contribution in [0.4, 0.5) is 0 Å². The van der Waals surface area contributed by atoms with Gasteiger partial charge in [0, 0.05) is 25.2 Å². The lowest BCUT2D eigenvalue weighted by Crippen LogP contribution is -2.40. The number of likely N-dealkylation sites (tertiary alicyclic amines) is 1. The Morgan fingerprint density at radius 2 is 2.07 bits per heavy atom. The maximum absolute atomic E-state index is 11.8. The van der Waals surface area contributed by atoms with E-state index in [9.17, 15) is 4.79 Å². The van der Waals surface area contributed by atoms with Gasteiger partial charge in [-0.25, -0.2) is 0 Å². The first kappa shape index (κ1) is 9.60. The second-order valence-corrected chi connectivity index (χ2v) is 5.06. The van der Waals surface area contributed by atoms with Gasteiger partial charge in [0.05, 0.1) is 12.7 Å².